The molecule has 1 rings (SSSR count). The van der Waals surface area contributed by atoms with Crippen molar-refractivity contribution in [1.29, 1.82) is 0 Å². The standard InChI is InChI=1S/C9H9IO3/c1-13-5-6-2-3-7(10)4-8(6)9(11)12/h2-4H,5H2,1H3,(H,11,12). The van der Waals surface area contributed by atoms with Gasteiger partial charge in [-0.05, 0) is 40.3 Å². The lowest BCUT2D eigenvalue weighted by Gasteiger charge is -2.04. The van der Waals surface area contributed by atoms with E-state index in [1.54, 1.807) is 19.2 Å². The second kappa shape index (κ2) is 4.57. The fourth-order valence-corrected chi connectivity index (χ4v) is 1.52. The maximum Gasteiger partial charge on any atom is 0.336 e. The van der Waals surface area contributed by atoms with Crippen LogP contribution in [0.15, 0.2) is 18.2 Å². The molecular formula is C9H9IO3. The number of hydrogen-bond donors (Lipinski definition) is 1. The van der Waals surface area contributed by atoms with Crippen LogP contribution in [0.5, 0.6) is 0 Å². The molecule has 3 nitrogen and oxygen atoms in total. The number of carboxylic acid groups (broad SMARTS) is 1. The zero-order valence-corrected chi connectivity index (χ0v) is 9.24. The van der Waals surface area contributed by atoms with Gasteiger partial charge in [0.1, 0.15) is 0 Å². The van der Waals surface area contributed by atoms with Crippen molar-refractivity contribution in [2.75, 3.05) is 7.11 Å². The largest absolute Gasteiger partial charge is 0.478 e. The Morgan fingerprint density at radius 2 is 2.31 bits per heavy atom. The summed E-state index contributed by atoms with van der Waals surface area (Å²) >= 11 is 2.08. The Hall–Kier alpha value is -0.620. The molecule has 1 N–H and O–H groups in total. The maximum atomic E-state index is 10.8. The van der Waals surface area contributed by atoms with Crippen molar-refractivity contribution in [3.8, 4) is 0 Å². The van der Waals surface area contributed by atoms with Crippen molar-refractivity contribution in [3.63, 3.8) is 0 Å². The molecule has 0 saturated carbocycles. The van der Waals surface area contributed by atoms with E-state index in [4.69, 9.17) is 9.84 Å². The van der Waals surface area contributed by atoms with E-state index >= 15 is 0 Å². The average molecular weight is 292 g/mol. The van der Waals surface area contributed by atoms with Gasteiger partial charge >= 0.3 is 5.97 Å². The lowest BCUT2D eigenvalue weighted by atomic mass is 10.1. The minimum Gasteiger partial charge on any atom is -0.478 e. The van der Waals surface area contributed by atoms with Gasteiger partial charge in [0.15, 0.2) is 0 Å². The molecule has 0 heterocycles. The van der Waals surface area contributed by atoms with Gasteiger partial charge in [-0.3, -0.25) is 0 Å². The number of rotatable bonds is 3. The van der Waals surface area contributed by atoms with Crippen molar-refractivity contribution in [2.45, 2.75) is 6.61 Å². The third-order valence-corrected chi connectivity index (χ3v) is 2.27. The summed E-state index contributed by atoms with van der Waals surface area (Å²) < 4.78 is 5.80. The number of halogens is 1. The first kappa shape index (κ1) is 10.5. The summed E-state index contributed by atoms with van der Waals surface area (Å²) in [6.45, 7) is 0.332. The summed E-state index contributed by atoms with van der Waals surface area (Å²) in [5.41, 5.74) is 1.02. The fourth-order valence-electron chi connectivity index (χ4n) is 1.03. The molecule has 0 aliphatic carbocycles. The Bertz CT molecular complexity index is 323. The Balaban J connectivity index is 3.10. The zero-order chi connectivity index (χ0) is 9.84. The Labute approximate surface area is 89.9 Å². The van der Waals surface area contributed by atoms with Crippen molar-refractivity contribution >= 4 is 28.6 Å². The molecule has 0 aliphatic rings. The number of carbonyl (C=O) groups is 1. The van der Waals surface area contributed by atoms with Gasteiger partial charge in [0, 0.05) is 10.7 Å². The van der Waals surface area contributed by atoms with E-state index in [9.17, 15) is 4.79 Å². The summed E-state index contributed by atoms with van der Waals surface area (Å²) in [5, 5.41) is 8.86. The highest BCUT2D eigenvalue weighted by Gasteiger charge is 2.09. The molecule has 13 heavy (non-hydrogen) atoms. The monoisotopic (exact) mass is 292 g/mol. The molecule has 0 aromatic heterocycles. The highest BCUT2D eigenvalue weighted by Crippen LogP contribution is 2.14. The first-order chi connectivity index (χ1) is 6.15. The molecule has 0 unspecified atom stereocenters. The van der Waals surface area contributed by atoms with Crippen LogP contribution in [0.3, 0.4) is 0 Å². The summed E-state index contributed by atoms with van der Waals surface area (Å²) in [7, 11) is 1.55. The van der Waals surface area contributed by atoms with Crippen LogP contribution < -0.4 is 0 Å². The molecule has 0 bridgehead atoms. The van der Waals surface area contributed by atoms with Crippen molar-refractivity contribution in [1.82, 2.24) is 0 Å². The summed E-state index contributed by atoms with van der Waals surface area (Å²) in [4.78, 5) is 10.8. The van der Waals surface area contributed by atoms with Gasteiger partial charge in [-0.25, -0.2) is 4.79 Å². The highest BCUT2D eigenvalue weighted by molar-refractivity contribution is 14.1. The first-order valence-electron chi connectivity index (χ1n) is 3.66. The summed E-state index contributed by atoms with van der Waals surface area (Å²) in [6.07, 6.45) is 0. The normalized spacial score (nSPS) is 10.0. The van der Waals surface area contributed by atoms with Crippen molar-refractivity contribution in [3.05, 3.63) is 32.9 Å². The van der Waals surface area contributed by atoms with Gasteiger partial charge in [0.25, 0.3) is 0 Å². The topological polar surface area (TPSA) is 46.5 Å². The van der Waals surface area contributed by atoms with Gasteiger partial charge in [-0.15, -0.1) is 0 Å². The van der Waals surface area contributed by atoms with Crippen LogP contribution in [0.4, 0.5) is 0 Å². The number of ether oxygens (including phenoxy) is 1. The van der Waals surface area contributed by atoms with E-state index in [1.807, 2.05) is 6.07 Å². The van der Waals surface area contributed by atoms with Crippen molar-refractivity contribution in [2.24, 2.45) is 0 Å². The Morgan fingerprint density at radius 3 is 2.85 bits per heavy atom. The second-order valence-electron chi connectivity index (χ2n) is 2.54. The Kier molecular flexibility index (Phi) is 3.68. The molecule has 0 atom stereocenters. The van der Waals surface area contributed by atoms with E-state index in [0.29, 0.717) is 17.7 Å². The molecule has 70 valence electrons. The number of methoxy groups -OCH3 is 1. The molecule has 0 spiro atoms. The van der Waals surface area contributed by atoms with Gasteiger partial charge in [-0.2, -0.15) is 0 Å². The third kappa shape index (κ3) is 2.67. The van der Waals surface area contributed by atoms with Gasteiger partial charge in [-0.1, -0.05) is 6.07 Å². The zero-order valence-electron chi connectivity index (χ0n) is 7.08. The van der Waals surface area contributed by atoms with Gasteiger partial charge in [0.2, 0.25) is 0 Å². The molecule has 0 fully saturated rings. The smallest absolute Gasteiger partial charge is 0.336 e. The van der Waals surface area contributed by atoms with Crippen LogP contribution in [-0.2, 0) is 11.3 Å². The molecule has 1 aromatic carbocycles. The molecule has 0 aliphatic heterocycles. The fraction of sp³-hybridized carbons (Fsp3) is 0.222. The third-order valence-electron chi connectivity index (χ3n) is 1.60. The van der Waals surface area contributed by atoms with E-state index in [0.717, 1.165) is 3.57 Å². The maximum absolute atomic E-state index is 10.8. The van der Waals surface area contributed by atoms with Crippen LogP contribution in [0.2, 0.25) is 0 Å². The van der Waals surface area contributed by atoms with E-state index < -0.39 is 5.97 Å². The quantitative estimate of drug-likeness (QED) is 0.868. The SMILES string of the molecule is COCc1ccc(I)cc1C(=O)O. The lowest BCUT2D eigenvalue weighted by Crippen LogP contribution is -2.03. The highest BCUT2D eigenvalue weighted by atomic mass is 127. The average Bonchev–Trinajstić information content (AvgIpc) is 2.08. The van der Waals surface area contributed by atoms with Crippen LogP contribution in [0.1, 0.15) is 15.9 Å². The van der Waals surface area contributed by atoms with Crippen LogP contribution >= 0.6 is 22.6 Å². The van der Waals surface area contributed by atoms with Crippen LogP contribution in [-0.4, -0.2) is 18.2 Å². The number of carboxylic acids is 1. The lowest BCUT2D eigenvalue weighted by molar-refractivity contribution is 0.0691. The predicted molar refractivity (Wildman–Crippen MR) is 56.8 cm³/mol. The second-order valence-corrected chi connectivity index (χ2v) is 3.79. The number of hydrogen-bond acceptors (Lipinski definition) is 2. The molecule has 4 heteroatoms. The molecule has 0 saturated heterocycles. The van der Waals surface area contributed by atoms with Gasteiger partial charge < -0.3 is 9.84 Å². The van der Waals surface area contributed by atoms with E-state index in [1.165, 1.54) is 0 Å². The molecule has 0 amide bonds. The minimum absolute atomic E-state index is 0.314. The first-order valence-corrected chi connectivity index (χ1v) is 4.73. The van der Waals surface area contributed by atoms with Gasteiger partial charge in [0.05, 0.1) is 12.2 Å². The van der Waals surface area contributed by atoms with E-state index in [-0.39, 0.29) is 0 Å². The van der Waals surface area contributed by atoms with Crippen LogP contribution in [0.25, 0.3) is 0 Å². The Morgan fingerprint density at radius 1 is 1.62 bits per heavy atom. The predicted octanol–water partition coefficient (Wildman–Crippen LogP) is 2.14. The summed E-state index contributed by atoms with van der Waals surface area (Å²) in [5.74, 6) is -0.912. The summed E-state index contributed by atoms with van der Waals surface area (Å²) in [6, 6.07) is 5.27. The van der Waals surface area contributed by atoms with E-state index in [2.05, 4.69) is 22.6 Å². The minimum atomic E-state index is -0.912. The molecule has 0 radical (unpaired) electrons. The van der Waals surface area contributed by atoms with Crippen molar-refractivity contribution < 1.29 is 14.6 Å². The number of benzene rings is 1. The number of aromatic carboxylic acids is 1. The molecular weight excluding hydrogens is 283 g/mol. The molecule has 1 aromatic rings. The van der Waals surface area contributed by atoms with Crippen LogP contribution in [0, 0.1) is 3.57 Å².